The third-order valence-corrected chi connectivity index (χ3v) is 2.85. The van der Waals surface area contributed by atoms with Crippen LogP contribution >= 0.6 is 0 Å². The van der Waals surface area contributed by atoms with Crippen molar-refractivity contribution in [2.24, 2.45) is 4.99 Å². The van der Waals surface area contributed by atoms with Gasteiger partial charge in [-0.1, -0.05) is 20.3 Å². The lowest BCUT2D eigenvalue weighted by Gasteiger charge is -2.39. The largest absolute Gasteiger partial charge is 0.358 e. The van der Waals surface area contributed by atoms with E-state index in [2.05, 4.69) is 30.7 Å². The summed E-state index contributed by atoms with van der Waals surface area (Å²) >= 11 is 0. The molecule has 2 aliphatic rings. The van der Waals surface area contributed by atoms with Gasteiger partial charge in [-0.05, 0) is 32.6 Å². The van der Waals surface area contributed by atoms with Crippen LogP contribution in [0.15, 0.2) is 4.99 Å². The van der Waals surface area contributed by atoms with E-state index in [1.807, 2.05) is 0 Å². The van der Waals surface area contributed by atoms with Crippen LogP contribution in [0.1, 0.15) is 52.9 Å². The fourth-order valence-corrected chi connectivity index (χ4v) is 2.19. The van der Waals surface area contributed by atoms with E-state index in [0.29, 0.717) is 0 Å². The van der Waals surface area contributed by atoms with E-state index in [1.54, 1.807) is 0 Å². The zero-order valence-electron chi connectivity index (χ0n) is 9.92. The lowest BCUT2D eigenvalue weighted by atomic mass is 9.98. The predicted octanol–water partition coefficient (Wildman–Crippen LogP) is 3.08. The molecule has 0 aromatic heterocycles. The molecule has 1 saturated heterocycles. The highest BCUT2D eigenvalue weighted by Crippen LogP contribution is 2.22. The Morgan fingerprint density at radius 3 is 2.64 bits per heavy atom. The van der Waals surface area contributed by atoms with E-state index in [0.717, 1.165) is 12.6 Å². The van der Waals surface area contributed by atoms with Crippen molar-refractivity contribution in [1.29, 1.82) is 0 Å². The maximum atomic E-state index is 4.46. The summed E-state index contributed by atoms with van der Waals surface area (Å²) in [6.45, 7) is 8.71. The summed E-state index contributed by atoms with van der Waals surface area (Å²) < 4.78 is 0. The lowest BCUT2D eigenvalue weighted by Crippen LogP contribution is -2.45. The third-order valence-electron chi connectivity index (χ3n) is 2.85. The van der Waals surface area contributed by atoms with Crippen LogP contribution in [0, 0.1) is 0 Å². The van der Waals surface area contributed by atoms with Gasteiger partial charge >= 0.3 is 0 Å². The van der Waals surface area contributed by atoms with Gasteiger partial charge in [-0.3, -0.25) is 4.99 Å². The van der Waals surface area contributed by atoms with E-state index in [-0.39, 0.29) is 0 Å². The Kier molecular flexibility index (Phi) is 4.99. The van der Waals surface area contributed by atoms with Gasteiger partial charge in [0, 0.05) is 19.1 Å². The molecule has 0 aliphatic carbocycles. The molecule has 0 saturated carbocycles. The van der Waals surface area contributed by atoms with Gasteiger partial charge in [-0.25, -0.2) is 0 Å². The van der Waals surface area contributed by atoms with Crippen LogP contribution in [0.4, 0.5) is 0 Å². The van der Waals surface area contributed by atoms with E-state index >= 15 is 0 Å². The van der Waals surface area contributed by atoms with Crippen molar-refractivity contribution >= 4 is 5.84 Å². The van der Waals surface area contributed by atoms with Crippen molar-refractivity contribution in [1.82, 2.24) is 4.90 Å². The Bertz CT molecular complexity index is 187. The molecule has 14 heavy (non-hydrogen) atoms. The van der Waals surface area contributed by atoms with E-state index in [4.69, 9.17) is 0 Å². The minimum absolute atomic E-state index is 0.834. The highest BCUT2D eigenvalue weighted by atomic mass is 15.2. The zero-order valence-corrected chi connectivity index (χ0v) is 9.92. The van der Waals surface area contributed by atoms with Crippen LogP contribution in [-0.2, 0) is 0 Å². The first-order valence-electron chi connectivity index (χ1n) is 6.07. The predicted molar refractivity (Wildman–Crippen MR) is 62.9 cm³/mol. The first-order valence-corrected chi connectivity index (χ1v) is 6.07. The monoisotopic (exact) mass is 196 g/mol. The van der Waals surface area contributed by atoms with Crippen molar-refractivity contribution in [3.05, 3.63) is 0 Å². The molecule has 1 atom stereocenters. The molecule has 2 aliphatic heterocycles. The molecule has 1 unspecified atom stereocenters. The summed E-state index contributed by atoms with van der Waals surface area (Å²) in [6.07, 6.45) is 6.72. The molecule has 82 valence electrons. The van der Waals surface area contributed by atoms with Gasteiger partial charge in [0.05, 0.1) is 5.84 Å². The van der Waals surface area contributed by atoms with Gasteiger partial charge < -0.3 is 4.90 Å². The molecule has 0 amide bonds. The highest BCUT2D eigenvalue weighted by molar-refractivity contribution is 5.80. The van der Waals surface area contributed by atoms with Crippen LogP contribution in [0.2, 0.25) is 0 Å². The Labute approximate surface area is 88.4 Å². The van der Waals surface area contributed by atoms with Gasteiger partial charge in [0.2, 0.25) is 0 Å². The fourth-order valence-electron chi connectivity index (χ4n) is 2.19. The standard InChI is InChI=1S/C9H16N2.C3H8/c1-8-10-6-5-9-4-2-3-7-11(8)9;1-3-2/h9H,2-7H2,1H3;3H2,1-2H3. The second kappa shape index (κ2) is 6.05. The summed E-state index contributed by atoms with van der Waals surface area (Å²) in [6, 6.07) is 0.834. The number of nitrogens with zero attached hydrogens (tertiary/aromatic N) is 2. The summed E-state index contributed by atoms with van der Waals surface area (Å²) in [5.41, 5.74) is 0. The number of piperidine rings is 1. The quantitative estimate of drug-likeness (QED) is 0.581. The second-order valence-corrected chi connectivity index (χ2v) is 4.27. The molecule has 1 fully saturated rings. The summed E-state index contributed by atoms with van der Waals surface area (Å²) in [7, 11) is 0. The van der Waals surface area contributed by atoms with Crippen molar-refractivity contribution in [2.45, 2.75) is 58.9 Å². The summed E-state index contributed by atoms with van der Waals surface area (Å²) in [5.74, 6) is 1.28. The first-order chi connectivity index (χ1) is 6.79. The summed E-state index contributed by atoms with van der Waals surface area (Å²) in [5, 5.41) is 0. The van der Waals surface area contributed by atoms with Crippen molar-refractivity contribution < 1.29 is 0 Å². The fraction of sp³-hybridized carbons (Fsp3) is 0.917. The molecule has 2 rings (SSSR count). The van der Waals surface area contributed by atoms with Gasteiger partial charge in [0.25, 0.3) is 0 Å². The minimum atomic E-state index is 0.834. The maximum Gasteiger partial charge on any atom is 0.0960 e. The van der Waals surface area contributed by atoms with Gasteiger partial charge in [0.15, 0.2) is 0 Å². The molecule has 2 heterocycles. The Hall–Kier alpha value is -0.530. The lowest BCUT2D eigenvalue weighted by molar-refractivity contribution is 0.219. The molecule has 0 aromatic rings. The van der Waals surface area contributed by atoms with Gasteiger partial charge in [-0.15, -0.1) is 0 Å². The molecular weight excluding hydrogens is 172 g/mol. The van der Waals surface area contributed by atoms with Crippen LogP contribution in [0.5, 0.6) is 0 Å². The smallest absolute Gasteiger partial charge is 0.0960 e. The van der Waals surface area contributed by atoms with Crippen molar-refractivity contribution in [3.8, 4) is 0 Å². The van der Waals surface area contributed by atoms with E-state index < -0.39 is 0 Å². The highest BCUT2D eigenvalue weighted by Gasteiger charge is 2.24. The number of hydrogen-bond acceptors (Lipinski definition) is 2. The Morgan fingerprint density at radius 1 is 1.29 bits per heavy atom. The SMILES string of the molecule is CC1=NCCC2CCCCN12.CCC. The maximum absolute atomic E-state index is 4.46. The molecule has 0 N–H and O–H groups in total. The molecule has 2 heteroatoms. The number of aliphatic imine (C=N–C) groups is 1. The topological polar surface area (TPSA) is 15.6 Å². The number of rotatable bonds is 0. The van der Waals surface area contributed by atoms with Crippen LogP contribution in [0.25, 0.3) is 0 Å². The molecular formula is C12H24N2. The molecule has 0 spiro atoms. The molecule has 2 nitrogen and oxygen atoms in total. The molecule has 0 radical (unpaired) electrons. The zero-order chi connectivity index (χ0) is 10.4. The van der Waals surface area contributed by atoms with Crippen LogP contribution < -0.4 is 0 Å². The van der Waals surface area contributed by atoms with Crippen molar-refractivity contribution in [2.75, 3.05) is 13.1 Å². The Balaban J connectivity index is 0.000000293. The minimum Gasteiger partial charge on any atom is -0.358 e. The van der Waals surface area contributed by atoms with E-state index in [9.17, 15) is 0 Å². The van der Waals surface area contributed by atoms with Crippen molar-refractivity contribution in [3.63, 3.8) is 0 Å². The van der Waals surface area contributed by atoms with E-state index in [1.165, 1.54) is 44.5 Å². The van der Waals surface area contributed by atoms with Gasteiger partial charge in [-0.2, -0.15) is 0 Å². The molecule has 0 aromatic carbocycles. The molecule has 0 bridgehead atoms. The normalized spacial score (nSPS) is 25.8. The third kappa shape index (κ3) is 3.00. The first kappa shape index (κ1) is 11.5. The number of hydrogen-bond donors (Lipinski definition) is 0. The number of amidine groups is 1. The second-order valence-electron chi connectivity index (χ2n) is 4.27. The Morgan fingerprint density at radius 2 is 2.00 bits per heavy atom. The average molecular weight is 196 g/mol. The van der Waals surface area contributed by atoms with Crippen LogP contribution in [-0.4, -0.2) is 29.9 Å². The van der Waals surface area contributed by atoms with Gasteiger partial charge in [0.1, 0.15) is 0 Å². The summed E-state index contributed by atoms with van der Waals surface area (Å²) in [4.78, 5) is 6.95. The average Bonchev–Trinajstić information content (AvgIpc) is 2.20. The van der Waals surface area contributed by atoms with Crippen LogP contribution in [0.3, 0.4) is 0 Å². The number of fused-ring (bicyclic) bond motifs is 1.